The zero-order valence-electron chi connectivity index (χ0n) is 14.7. The first-order valence-corrected chi connectivity index (χ1v) is 11.8. The summed E-state index contributed by atoms with van der Waals surface area (Å²) < 4.78 is 26.4. The first-order chi connectivity index (χ1) is 12.3. The van der Waals surface area contributed by atoms with Gasteiger partial charge < -0.3 is 9.47 Å². The van der Waals surface area contributed by atoms with Crippen molar-refractivity contribution in [1.29, 1.82) is 0 Å². The molecule has 0 unspecified atom stereocenters. The fourth-order valence-corrected chi connectivity index (χ4v) is 5.04. The summed E-state index contributed by atoms with van der Waals surface area (Å²) in [5.41, 5.74) is 0. The molecule has 0 atom stereocenters. The van der Waals surface area contributed by atoms with Crippen molar-refractivity contribution in [3.63, 3.8) is 0 Å². The number of rotatable bonds is 6. The number of piperazine rings is 1. The topological polar surface area (TPSA) is 88.4 Å². The van der Waals surface area contributed by atoms with Crippen LogP contribution in [0.25, 0.3) is 0 Å². The van der Waals surface area contributed by atoms with Crippen LogP contribution >= 0.6 is 23.1 Å². The third-order valence-electron chi connectivity index (χ3n) is 4.22. The molecule has 3 heterocycles. The van der Waals surface area contributed by atoms with E-state index >= 15 is 0 Å². The predicted molar refractivity (Wildman–Crippen MR) is 102 cm³/mol. The molecule has 0 bridgehead atoms. The van der Waals surface area contributed by atoms with Gasteiger partial charge in [-0.25, -0.2) is 8.42 Å². The summed E-state index contributed by atoms with van der Waals surface area (Å²) in [6.07, 6.45) is 1.92. The highest BCUT2D eigenvalue weighted by Crippen LogP contribution is 2.20. The van der Waals surface area contributed by atoms with Crippen LogP contribution in [0.3, 0.4) is 0 Å². The van der Waals surface area contributed by atoms with Crippen molar-refractivity contribution in [2.45, 2.75) is 11.6 Å². The molecule has 142 valence electrons. The van der Waals surface area contributed by atoms with Crippen molar-refractivity contribution in [3.8, 4) is 0 Å². The molecule has 0 aliphatic carbocycles. The van der Waals surface area contributed by atoms with Gasteiger partial charge in [0.25, 0.3) is 0 Å². The van der Waals surface area contributed by atoms with Gasteiger partial charge in [-0.3, -0.25) is 4.79 Å². The number of sulfonamides is 1. The number of carbonyl (C=O) groups is 1. The Hall–Kier alpha value is -1.43. The molecule has 1 aliphatic rings. The number of hydrogen-bond acceptors (Lipinski definition) is 7. The third kappa shape index (κ3) is 4.64. The van der Waals surface area contributed by atoms with E-state index in [1.54, 1.807) is 16.2 Å². The number of hydrogen-bond donors (Lipinski definition) is 0. The molecule has 0 spiro atoms. The molecule has 1 fully saturated rings. The molecule has 0 radical (unpaired) electrons. The van der Waals surface area contributed by atoms with E-state index in [0.717, 1.165) is 12.2 Å². The quantitative estimate of drug-likeness (QED) is 0.644. The average Bonchev–Trinajstić information content (AvgIpc) is 3.23. The van der Waals surface area contributed by atoms with E-state index < -0.39 is 10.0 Å². The maximum Gasteiger partial charge on any atom is 0.233 e. The van der Waals surface area contributed by atoms with E-state index in [0.29, 0.717) is 31.3 Å². The number of thioether (sulfide) groups is 1. The fraction of sp³-hybridized carbons (Fsp3) is 0.533. The highest BCUT2D eigenvalue weighted by Gasteiger charge is 2.26. The molecule has 11 heteroatoms. The lowest BCUT2D eigenvalue weighted by molar-refractivity contribution is -0.129. The summed E-state index contributed by atoms with van der Waals surface area (Å²) in [6, 6.07) is 4.07. The Morgan fingerprint density at radius 1 is 1.27 bits per heavy atom. The minimum absolute atomic E-state index is 0.00837. The monoisotopic (exact) mass is 415 g/mol. The van der Waals surface area contributed by atoms with Crippen LogP contribution in [0.4, 0.5) is 0 Å². The molecule has 2 aromatic rings. The van der Waals surface area contributed by atoms with Crippen molar-refractivity contribution >= 4 is 39.0 Å². The molecule has 0 aromatic carbocycles. The van der Waals surface area contributed by atoms with Crippen LogP contribution in [0, 0.1) is 0 Å². The molecule has 3 rings (SSSR count). The van der Waals surface area contributed by atoms with E-state index in [4.69, 9.17) is 0 Å². The van der Waals surface area contributed by atoms with Gasteiger partial charge in [0.05, 0.1) is 12.0 Å². The summed E-state index contributed by atoms with van der Waals surface area (Å²) in [5, 5.41) is 11.1. The van der Waals surface area contributed by atoms with E-state index in [-0.39, 0.29) is 11.7 Å². The Labute approximate surface area is 161 Å². The molecule has 0 N–H and O–H groups in total. The van der Waals surface area contributed by atoms with E-state index in [2.05, 4.69) is 16.3 Å². The second kappa shape index (κ2) is 8.07. The molecule has 26 heavy (non-hydrogen) atoms. The van der Waals surface area contributed by atoms with Crippen molar-refractivity contribution in [1.82, 2.24) is 24.0 Å². The van der Waals surface area contributed by atoms with Gasteiger partial charge in [-0.05, 0) is 11.4 Å². The summed E-state index contributed by atoms with van der Waals surface area (Å²) in [5.74, 6) is 1.12. The predicted octanol–water partition coefficient (Wildman–Crippen LogP) is 0.663. The Morgan fingerprint density at radius 3 is 2.62 bits per heavy atom. The van der Waals surface area contributed by atoms with Gasteiger partial charge in [0, 0.05) is 44.5 Å². The van der Waals surface area contributed by atoms with E-state index in [1.165, 1.54) is 27.2 Å². The van der Waals surface area contributed by atoms with Crippen LogP contribution in [-0.2, 0) is 28.3 Å². The Bertz CT molecular complexity index is 855. The molecule has 1 aliphatic heterocycles. The van der Waals surface area contributed by atoms with E-state index in [1.807, 2.05) is 23.1 Å². The zero-order chi connectivity index (χ0) is 18.7. The number of amides is 1. The maximum absolute atomic E-state index is 12.4. The number of nitrogens with zero attached hydrogens (tertiary/aromatic N) is 5. The van der Waals surface area contributed by atoms with Gasteiger partial charge >= 0.3 is 0 Å². The normalized spacial score (nSPS) is 16.2. The molecule has 8 nitrogen and oxygen atoms in total. The zero-order valence-corrected chi connectivity index (χ0v) is 17.1. The van der Waals surface area contributed by atoms with Crippen LogP contribution in [0.5, 0.6) is 0 Å². The van der Waals surface area contributed by atoms with Gasteiger partial charge in [-0.1, -0.05) is 17.8 Å². The standard InChI is InChI=1S/C15H21N5O3S3/c1-18-13(10-12-4-3-9-24-12)16-17-15(18)25-11-14(21)19-5-7-20(8-6-19)26(2,22)23/h3-4,9H,5-8,10-11H2,1-2H3. The summed E-state index contributed by atoms with van der Waals surface area (Å²) in [4.78, 5) is 15.3. The van der Waals surface area contributed by atoms with Gasteiger partial charge in [0.2, 0.25) is 15.9 Å². The van der Waals surface area contributed by atoms with Crippen molar-refractivity contribution in [2.24, 2.45) is 7.05 Å². The molecular weight excluding hydrogens is 394 g/mol. The first kappa shape index (κ1) is 19.3. The lowest BCUT2D eigenvalue weighted by Gasteiger charge is -2.33. The Balaban J connectivity index is 1.51. The molecule has 0 saturated carbocycles. The van der Waals surface area contributed by atoms with Gasteiger partial charge in [-0.15, -0.1) is 21.5 Å². The van der Waals surface area contributed by atoms with Crippen LogP contribution in [0.2, 0.25) is 0 Å². The van der Waals surface area contributed by atoms with Crippen LogP contribution < -0.4 is 0 Å². The Morgan fingerprint density at radius 2 is 2.00 bits per heavy atom. The largest absolute Gasteiger partial charge is 0.339 e. The van der Waals surface area contributed by atoms with Crippen molar-refractivity contribution in [2.75, 3.05) is 38.2 Å². The molecule has 1 amide bonds. The molecule has 2 aromatic heterocycles. The number of thiophene rings is 1. The second-order valence-corrected chi connectivity index (χ2v) is 10.0. The smallest absolute Gasteiger partial charge is 0.233 e. The Kier molecular flexibility index (Phi) is 6.00. The lowest BCUT2D eigenvalue weighted by Crippen LogP contribution is -2.50. The maximum atomic E-state index is 12.4. The van der Waals surface area contributed by atoms with E-state index in [9.17, 15) is 13.2 Å². The van der Waals surface area contributed by atoms with Gasteiger partial charge in [0.1, 0.15) is 5.82 Å². The highest BCUT2D eigenvalue weighted by atomic mass is 32.2. The van der Waals surface area contributed by atoms with Gasteiger partial charge in [0.15, 0.2) is 5.16 Å². The number of carbonyl (C=O) groups excluding carboxylic acids is 1. The van der Waals surface area contributed by atoms with Crippen LogP contribution in [0.15, 0.2) is 22.7 Å². The molecular formula is C15H21N5O3S3. The van der Waals surface area contributed by atoms with Crippen molar-refractivity contribution in [3.05, 3.63) is 28.2 Å². The first-order valence-electron chi connectivity index (χ1n) is 8.11. The van der Waals surface area contributed by atoms with Crippen LogP contribution in [0.1, 0.15) is 10.7 Å². The van der Waals surface area contributed by atoms with Gasteiger partial charge in [-0.2, -0.15) is 4.31 Å². The van der Waals surface area contributed by atoms with Crippen LogP contribution in [-0.4, -0.2) is 76.5 Å². The third-order valence-corrected chi connectivity index (χ3v) is 7.41. The summed E-state index contributed by atoms with van der Waals surface area (Å²) >= 11 is 3.04. The second-order valence-electron chi connectivity index (χ2n) is 6.05. The minimum Gasteiger partial charge on any atom is -0.339 e. The molecule has 1 saturated heterocycles. The summed E-state index contributed by atoms with van der Waals surface area (Å²) in [6.45, 7) is 1.55. The average molecular weight is 416 g/mol. The number of aromatic nitrogens is 3. The van der Waals surface area contributed by atoms with Crippen molar-refractivity contribution < 1.29 is 13.2 Å². The summed E-state index contributed by atoms with van der Waals surface area (Å²) in [7, 11) is -1.28. The SMILES string of the molecule is Cn1c(Cc2cccs2)nnc1SCC(=O)N1CCN(S(C)(=O)=O)CC1. The highest BCUT2D eigenvalue weighted by molar-refractivity contribution is 7.99. The lowest BCUT2D eigenvalue weighted by atomic mass is 10.3. The fourth-order valence-electron chi connectivity index (χ4n) is 2.68. The minimum atomic E-state index is -3.19.